The summed E-state index contributed by atoms with van der Waals surface area (Å²) in [5, 5.41) is 12.3. The van der Waals surface area contributed by atoms with Crippen LogP contribution >= 0.6 is 0 Å². The zero-order chi connectivity index (χ0) is 32.9. The molecule has 9 rings (SSSR count). The average molecular weight is 632 g/mol. The van der Waals surface area contributed by atoms with E-state index in [4.69, 9.17) is 15.4 Å². The highest BCUT2D eigenvalue weighted by Crippen LogP contribution is 2.41. The summed E-state index contributed by atoms with van der Waals surface area (Å²) in [4.78, 5) is 10.5. The fourth-order valence-electron chi connectivity index (χ4n) is 7.23. The zero-order valence-electron chi connectivity index (χ0n) is 27.1. The summed E-state index contributed by atoms with van der Waals surface area (Å²) in [6.45, 7) is 2.17. The molecule has 0 bridgehead atoms. The molecule has 6 aromatic carbocycles. The second-order valence-corrected chi connectivity index (χ2v) is 12.5. The number of hydrogen-bond donors (Lipinski definition) is 1. The molecule has 9 aromatic rings. The van der Waals surface area contributed by atoms with Gasteiger partial charge in [0.25, 0.3) is 0 Å². The van der Waals surface area contributed by atoms with Gasteiger partial charge < -0.3 is 9.98 Å². The largest absolute Gasteiger partial charge is 0.313 e. The fraction of sp³-hybridized carbons (Fsp3) is 0.0682. The smallest absolute Gasteiger partial charge is 0.162 e. The Labute approximate surface area is 284 Å². The van der Waals surface area contributed by atoms with Crippen molar-refractivity contribution in [1.82, 2.24) is 19.1 Å². The third-order valence-electron chi connectivity index (χ3n) is 9.63. The maximum absolute atomic E-state index is 7.56. The minimum absolute atomic E-state index is 0.608. The zero-order valence-corrected chi connectivity index (χ0v) is 27.1. The normalized spacial score (nSPS) is 11.6. The van der Waals surface area contributed by atoms with Gasteiger partial charge in [-0.3, -0.25) is 4.57 Å². The van der Waals surface area contributed by atoms with Gasteiger partial charge in [-0.1, -0.05) is 122 Å². The Morgan fingerprint density at radius 3 is 1.78 bits per heavy atom. The molecule has 0 aliphatic carbocycles. The quantitative estimate of drug-likeness (QED) is 0.178. The summed E-state index contributed by atoms with van der Waals surface area (Å²) < 4.78 is 4.74. The molecule has 0 amide bonds. The van der Waals surface area contributed by atoms with Crippen LogP contribution in [0.25, 0.3) is 77.8 Å². The van der Waals surface area contributed by atoms with E-state index in [1.165, 1.54) is 33.3 Å². The van der Waals surface area contributed by atoms with Crippen molar-refractivity contribution in [3.05, 3.63) is 157 Å². The van der Waals surface area contributed by atoms with Gasteiger partial charge >= 0.3 is 0 Å². The molecule has 0 spiro atoms. The Kier molecular flexibility index (Phi) is 6.91. The van der Waals surface area contributed by atoms with E-state index < -0.39 is 0 Å². The van der Waals surface area contributed by atoms with Gasteiger partial charge in [0, 0.05) is 50.8 Å². The van der Waals surface area contributed by atoms with Crippen LogP contribution in [0, 0.1) is 5.41 Å². The number of aromatic nitrogens is 4. The lowest BCUT2D eigenvalue weighted by molar-refractivity contribution is 1.04. The molecule has 0 saturated heterocycles. The van der Waals surface area contributed by atoms with Gasteiger partial charge in [-0.2, -0.15) is 0 Å². The van der Waals surface area contributed by atoms with Crippen LogP contribution in [0.3, 0.4) is 0 Å². The highest BCUT2D eigenvalue weighted by atomic mass is 15.1. The van der Waals surface area contributed by atoms with E-state index in [-0.39, 0.29) is 0 Å². The lowest BCUT2D eigenvalue weighted by Gasteiger charge is -2.14. The number of nitrogens with zero attached hydrogens (tertiary/aromatic N) is 4. The minimum Gasteiger partial charge on any atom is -0.313 e. The van der Waals surface area contributed by atoms with Crippen molar-refractivity contribution in [3.63, 3.8) is 0 Å². The number of rotatable bonds is 7. The molecule has 3 aromatic heterocycles. The lowest BCUT2D eigenvalue weighted by Crippen LogP contribution is -2.04. The average Bonchev–Trinajstić information content (AvgIpc) is 3.69. The molecule has 5 nitrogen and oxygen atoms in total. The van der Waals surface area contributed by atoms with Gasteiger partial charge in [-0.25, -0.2) is 9.97 Å². The summed E-state index contributed by atoms with van der Waals surface area (Å²) in [5.74, 6) is 1.49. The van der Waals surface area contributed by atoms with Gasteiger partial charge in [-0.05, 0) is 48.0 Å². The van der Waals surface area contributed by atoms with Crippen LogP contribution in [0.2, 0.25) is 0 Å². The lowest BCUT2D eigenvalue weighted by atomic mass is 10.1. The van der Waals surface area contributed by atoms with Crippen LogP contribution in [0.1, 0.15) is 18.1 Å². The van der Waals surface area contributed by atoms with Gasteiger partial charge in [0.1, 0.15) is 5.82 Å². The van der Waals surface area contributed by atoms with Crippen molar-refractivity contribution in [3.8, 4) is 34.2 Å². The van der Waals surface area contributed by atoms with Crippen molar-refractivity contribution in [2.75, 3.05) is 0 Å². The number of fused-ring (bicyclic) bond motifs is 7. The molecule has 234 valence electrons. The summed E-state index contributed by atoms with van der Waals surface area (Å²) >= 11 is 0. The van der Waals surface area contributed by atoms with Gasteiger partial charge in [0.2, 0.25) is 0 Å². The Morgan fingerprint density at radius 1 is 0.551 bits per heavy atom. The Balaban J connectivity index is 1.41. The van der Waals surface area contributed by atoms with Crippen LogP contribution in [-0.4, -0.2) is 25.3 Å². The minimum atomic E-state index is 0.608. The molecular weight excluding hydrogens is 599 g/mol. The molecule has 0 saturated carbocycles. The SMILES string of the molecule is CCc1ccc(-c2nc(-c3ccc(CC=N)cc3)cc(-n3c4ccccc4c4ccc5c6ccccc6n(-c6ccccc6)c5c43)n2)cc1. The van der Waals surface area contributed by atoms with Gasteiger partial charge in [0.15, 0.2) is 5.82 Å². The number of hydrogen-bond acceptors (Lipinski definition) is 3. The maximum Gasteiger partial charge on any atom is 0.162 e. The summed E-state index contributed by atoms with van der Waals surface area (Å²) in [7, 11) is 0. The van der Waals surface area contributed by atoms with E-state index in [1.807, 2.05) is 0 Å². The first-order valence-electron chi connectivity index (χ1n) is 16.8. The third kappa shape index (κ3) is 4.74. The van der Waals surface area contributed by atoms with Crippen LogP contribution < -0.4 is 0 Å². The fourth-order valence-corrected chi connectivity index (χ4v) is 7.23. The van der Waals surface area contributed by atoms with E-state index >= 15 is 0 Å². The van der Waals surface area contributed by atoms with Crippen LogP contribution in [0.15, 0.2) is 146 Å². The van der Waals surface area contributed by atoms with E-state index in [0.29, 0.717) is 12.2 Å². The predicted octanol–water partition coefficient (Wildman–Crippen LogP) is 10.8. The molecule has 1 N–H and O–H groups in total. The van der Waals surface area contributed by atoms with E-state index in [1.54, 1.807) is 0 Å². The van der Waals surface area contributed by atoms with Crippen molar-refractivity contribution in [1.29, 1.82) is 5.41 Å². The van der Waals surface area contributed by atoms with Gasteiger partial charge in [-0.15, -0.1) is 0 Å². The number of aryl methyl sites for hydroxylation is 1. The molecule has 3 heterocycles. The summed E-state index contributed by atoms with van der Waals surface area (Å²) in [6, 6.07) is 51.6. The Hall–Kier alpha value is -6.33. The summed E-state index contributed by atoms with van der Waals surface area (Å²) in [6.07, 6.45) is 3.02. The van der Waals surface area contributed by atoms with E-state index in [9.17, 15) is 0 Å². The molecule has 0 fully saturated rings. The first-order chi connectivity index (χ1) is 24.2. The van der Waals surface area contributed by atoms with Gasteiger partial charge in [0.05, 0.1) is 27.8 Å². The van der Waals surface area contributed by atoms with Crippen molar-refractivity contribution >= 4 is 49.8 Å². The van der Waals surface area contributed by atoms with Crippen LogP contribution in [-0.2, 0) is 12.8 Å². The third-order valence-corrected chi connectivity index (χ3v) is 9.63. The number of nitrogens with one attached hydrogen (secondary N) is 1. The molecule has 49 heavy (non-hydrogen) atoms. The molecule has 0 aliphatic heterocycles. The van der Waals surface area contributed by atoms with Crippen molar-refractivity contribution in [2.24, 2.45) is 0 Å². The van der Waals surface area contributed by atoms with Crippen LogP contribution in [0.4, 0.5) is 0 Å². The Bertz CT molecular complexity index is 2660. The molecular formula is C44H33N5. The molecule has 0 atom stereocenters. The maximum atomic E-state index is 7.56. The van der Waals surface area contributed by atoms with Crippen molar-refractivity contribution in [2.45, 2.75) is 19.8 Å². The second-order valence-electron chi connectivity index (χ2n) is 12.5. The van der Waals surface area contributed by atoms with Crippen LogP contribution in [0.5, 0.6) is 0 Å². The molecule has 0 aliphatic rings. The van der Waals surface area contributed by atoms with E-state index in [0.717, 1.165) is 62.4 Å². The number of para-hydroxylation sites is 3. The highest BCUT2D eigenvalue weighted by Gasteiger charge is 2.22. The highest BCUT2D eigenvalue weighted by molar-refractivity contribution is 6.23. The predicted molar refractivity (Wildman–Crippen MR) is 203 cm³/mol. The molecule has 5 heteroatoms. The monoisotopic (exact) mass is 631 g/mol. The Morgan fingerprint density at radius 2 is 1.12 bits per heavy atom. The second kappa shape index (κ2) is 11.7. The standard InChI is InChI=1S/C44H33N5/c1-2-29-16-22-32(23-17-29)44-46-38(31-20-18-30(19-21-31)26-27-45)28-41(47-44)49-40-15-9-7-13-35(40)37-25-24-36-34-12-6-8-14-39(34)48(42(36)43(37)49)33-10-4-3-5-11-33/h3-25,27-28,45H,2,26H2,1H3. The first-order valence-corrected chi connectivity index (χ1v) is 16.8. The molecule has 0 unspecified atom stereocenters. The first kappa shape index (κ1) is 28.9. The van der Waals surface area contributed by atoms with E-state index in [2.05, 4.69) is 162 Å². The molecule has 0 radical (unpaired) electrons. The summed E-state index contributed by atoms with van der Waals surface area (Å²) in [5.41, 5.74) is 10.8. The number of benzene rings is 6. The topological polar surface area (TPSA) is 59.5 Å². The van der Waals surface area contributed by atoms with Crippen molar-refractivity contribution < 1.29 is 0 Å².